The van der Waals surface area contributed by atoms with Crippen LogP contribution in [0.3, 0.4) is 0 Å². The van der Waals surface area contributed by atoms with E-state index in [0.29, 0.717) is 50.4 Å². The van der Waals surface area contributed by atoms with Gasteiger partial charge in [0, 0.05) is 31.3 Å². The zero-order valence-corrected chi connectivity index (χ0v) is 23.2. The van der Waals surface area contributed by atoms with Crippen LogP contribution in [0.1, 0.15) is 38.3 Å². The van der Waals surface area contributed by atoms with Gasteiger partial charge in [0.15, 0.2) is 4.96 Å². The SMILES string of the molecule is CC(C)(C)OC(=O)NCCOCCNC(=O)CCc1ccc2c(c1)sc1nc(-c3ccc(C(F)(F)F)cc3)cn12. The van der Waals surface area contributed by atoms with Gasteiger partial charge in [-0.25, -0.2) is 9.78 Å². The van der Waals surface area contributed by atoms with Gasteiger partial charge in [-0.3, -0.25) is 9.20 Å². The van der Waals surface area contributed by atoms with E-state index in [1.165, 1.54) is 23.5 Å². The van der Waals surface area contributed by atoms with Crippen molar-refractivity contribution in [1.82, 2.24) is 20.0 Å². The summed E-state index contributed by atoms with van der Waals surface area (Å²) in [6, 6.07) is 10.9. The van der Waals surface area contributed by atoms with E-state index in [1.54, 1.807) is 20.8 Å². The van der Waals surface area contributed by atoms with Gasteiger partial charge in [0.05, 0.1) is 34.7 Å². The van der Waals surface area contributed by atoms with Crippen LogP contribution in [0.15, 0.2) is 48.7 Å². The molecule has 2 aromatic heterocycles. The number of carbonyl (C=O) groups is 2. The summed E-state index contributed by atoms with van der Waals surface area (Å²) in [6.07, 6.45) is -2.16. The van der Waals surface area contributed by atoms with Crippen LogP contribution in [0.25, 0.3) is 26.4 Å². The molecule has 2 aromatic carbocycles. The monoisotopic (exact) mass is 576 g/mol. The minimum atomic E-state index is -4.38. The Labute approximate surface area is 233 Å². The van der Waals surface area contributed by atoms with Crippen molar-refractivity contribution in [3.63, 3.8) is 0 Å². The number of rotatable bonds is 10. The Bertz CT molecular complexity index is 1470. The molecule has 0 spiro atoms. The Morgan fingerprint density at radius 3 is 2.38 bits per heavy atom. The zero-order valence-electron chi connectivity index (χ0n) is 22.4. The number of carbonyl (C=O) groups excluding carboxylic acids is 2. The number of alkyl halides is 3. The van der Waals surface area contributed by atoms with E-state index in [9.17, 15) is 22.8 Å². The van der Waals surface area contributed by atoms with E-state index in [0.717, 1.165) is 32.9 Å². The summed E-state index contributed by atoms with van der Waals surface area (Å²) in [6.45, 7) is 6.69. The lowest BCUT2D eigenvalue weighted by Gasteiger charge is -2.19. The number of hydrogen-bond acceptors (Lipinski definition) is 6. The molecule has 40 heavy (non-hydrogen) atoms. The second kappa shape index (κ2) is 12.3. The third kappa shape index (κ3) is 7.95. The molecule has 214 valence electrons. The van der Waals surface area contributed by atoms with Crippen LogP contribution in [-0.2, 0) is 26.9 Å². The fraction of sp³-hybridized carbons (Fsp3) is 0.393. The van der Waals surface area contributed by atoms with Gasteiger partial charge in [-0.15, -0.1) is 0 Å². The molecule has 0 unspecified atom stereocenters. The summed E-state index contributed by atoms with van der Waals surface area (Å²) in [4.78, 5) is 29.1. The van der Waals surface area contributed by atoms with E-state index >= 15 is 0 Å². The number of thiazole rings is 1. The fourth-order valence-electron chi connectivity index (χ4n) is 3.92. The number of imidazole rings is 1. The van der Waals surface area contributed by atoms with Crippen LogP contribution in [-0.4, -0.2) is 53.3 Å². The second-order valence-corrected chi connectivity index (χ2v) is 11.2. The Morgan fingerprint density at radius 2 is 1.70 bits per heavy atom. The molecule has 2 heterocycles. The second-order valence-electron chi connectivity index (χ2n) is 10.1. The maximum Gasteiger partial charge on any atom is 0.416 e. The quantitative estimate of drug-likeness (QED) is 0.232. The Balaban J connectivity index is 1.22. The highest BCUT2D eigenvalue weighted by Gasteiger charge is 2.30. The topological polar surface area (TPSA) is 94.0 Å². The Hall–Kier alpha value is -3.64. The number of halogens is 3. The summed E-state index contributed by atoms with van der Waals surface area (Å²) in [5.41, 5.74) is 1.93. The molecule has 2 N–H and O–H groups in total. The minimum absolute atomic E-state index is 0.0854. The maximum absolute atomic E-state index is 12.8. The van der Waals surface area contributed by atoms with Crippen molar-refractivity contribution >= 4 is 38.5 Å². The molecule has 4 aromatic rings. The highest BCUT2D eigenvalue weighted by Crippen LogP contribution is 2.33. The number of ether oxygens (including phenoxy) is 2. The molecule has 0 aliphatic heterocycles. The fourth-order valence-corrected chi connectivity index (χ4v) is 4.99. The number of hydrogen-bond donors (Lipinski definition) is 2. The molecule has 12 heteroatoms. The predicted octanol–water partition coefficient (Wildman–Crippen LogP) is 5.82. The largest absolute Gasteiger partial charge is 0.444 e. The molecular weight excluding hydrogens is 545 g/mol. The number of fused-ring (bicyclic) bond motifs is 3. The van der Waals surface area contributed by atoms with Crippen LogP contribution in [0.2, 0.25) is 0 Å². The maximum atomic E-state index is 12.8. The van der Waals surface area contributed by atoms with Gasteiger partial charge in [-0.1, -0.05) is 29.5 Å². The predicted molar refractivity (Wildman–Crippen MR) is 147 cm³/mol. The number of nitrogens with zero attached hydrogens (tertiary/aromatic N) is 2. The van der Waals surface area contributed by atoms with Crippen LogP contribution in [0.4, 0.5) is 18.0 Å². The third-order valence-electron chi connectivity index (χ3n) is 5.79. The molecule has 0 saturated heterocycles. The zero-order chi connectivity index (χ0) is 28.9. The van der Waals surface area contributed by atoms with Crippen molar-refractivity contribution in [1.29, 1.82) is 0 Å². The Morgan fingerprint density at radius 1 is 1.00 bits per heavy atom. The van der Waals surface area contributed by atoms with Gasteiger partial charge >= 0.3 is 12.3 Å². The van der Waals surface area contributed by atoms with Crippen molar-refractivity contribution < 1.29 is 32.2 Å². The molecule has 0 saturated carbocycles. The lowest BCUT2D eigenvalue weighted by atomic mass is 10.1. The average molecular weight is 577 g/mol. The summed E-state index contributed by atoms with van der Waals surface area (Å²) < 4.78 is 52.0. The van der Waals surface area contributed by atoms with Gasteiger partial charge in [0.2, 0.25) is 5.91 Å². The van der Waals surface area contributed by atoms with E-state index < -0.39 is 23.4 Å². The van der Waals surface area contributed by atoms with Crippen molar-refractivity contribution in [3.8, 4) is 11.3 Å². The number of benzene rings is 2. The normalized spacial score (nSPS) is 12.2. The lowest BCUT2D eigenvalue weighted by Crippen LogP contribution is -2.34. The number of amides is 2. The smallest absolute Gasteiger partial charge is 0.416 e. The number of aryl methyl sites for hydroxylation is 1. The minimum Gasteiger partial charge on any atom is -0.444 e. The van der Waals surface area contributed by atoms with E-state index in [4.69, 9.17) is 9.47 Å². The third-order valence-corrected chi connectivity index (χ3v) is 6.81. The van der Waals surface area contributed by atoms with Gasteiger partial charge in [0.25, 0.3) is 0 Å². The van der Waals surface area contributed by atoms with Crippen LogP contribution in [0, 0.1) is 0 Å². The molecule has 0 aliphatic carbocycles. The van der Waals surface area contributed by atoms with Crippen molar-refractivity contribution in [2.75, 3.05) is 26.3 Å². The van der Waals surface area contributed by atoms with E-state index in [1.807, 2.05) is 28.8 Å². The van der Waals surface area contributed by atoms with Gasteiger partial charge in [-0.2, -0.15) is 13.2 Å². The summed E-state index contributed by atoms with van der Waals surface area (Å²) in [5, 5.41) is 5.42. The summed E-state index contributed by atoms with van der Waals surface area (Å²) in [7, 11) is 0. The van der Waals surface area contributed by atoms with Crippen LogP contribution in [0.5, 0.6) is 0 Å². The molecular formula is C28H31F3N4O4S. The first-order chi connectivity index (χ1) is 18.9. The van der Waals surface area contributed by atoms with Crippen LogP contribution >= 0.6 is 11.3 Å². The molecule has 0 radical (unpaired) electrons. The molecule has 0 atom stereocenters. The van der Waals surface area contributed by atoms with Crippen LogP contribution < -0.4 is 10.6 Å². The number of aromatic nitrogens is 2. The molecule has 2 amide bonds. The standard InChI is InChI=1S/C28H31F3N4O4S/c1-27(2,3)39-26(37)33-13-15-38-14-12-32-24(36)11-5-18-4-10-22-23(16-18)40-25-34-21(17-35(22)25)19-6-8-20(9-7-19)28(29,30)31/h4,6-10,16-17H,5,11-15H2,1-3H3,(H,32,36)(H,33,37). The highest BCUT2D eigenvalue weighted by molar-refractivity contribution is 7.23. The van der Waals surface area contributed by atoms with E-state index in [-0.39, 0.29) is 5.91 Å². The average Bonchev–Trinajstić information content (AvgIpc) is 3.43. The van der Waals surface area contributed by atoms with Gasteiger partial charge in [0.1, 0.15) is 5.60 Å². The first-order valence-corrected chi connectivity index (χ1v) is 13.6. The van der Waals surface area contributed by atoms with Crippen molar-refractivity contribution in [3.05, 3.63) is 59.8 Å². The summed E-state index contributed by atoms with van der Waals surface area (Å²) in [5.74, 6) is -0.0854. The number of alkyl carbamates (subject to hydrolysis) is 1. The van der Waals surface area contributed by atoms with Crippen molar-refractivity contribution in [2.24, 2.45) is 0 Å². The highest BCUT2D eigenvalue weighted by atomic mass is 32.1. The molecule has 0 aliphatic rings. The van der Waals surface area contributed by atoms with E-state index in [2.05, 4.69) is 15.6 Å². The lowest BCUT2D eigenvalue weighted by molar-refractivity contribution is -0.137. The van der Waals surface area contributed by atoms with Gasteiger partial charge < -0.3 is 20.1 Å². The molecule has 0 fully saturated rings. The number of nitrogens with one attached hydrogen (secondary N) is 2. The Kier molecular flexibility index (Phi) is 8.99. The first-order valence-electron chi connectivity index (χ1n) is 12.8. The summed E-state index contributed by atoms with van der Waals surface area (Å²) >= 11 is 1.48. The first kappa shape index (κ1) is 29.3. The van der Waals surface area contributed by atoms with Crippen molar-refractivity contribution in [2.45, 2.75) is 45.4 Å². The molecule has 4 rings (SSSR count). The molecule has 0 bridgehead atoms. The van der Waals surface area contributed by atoms with Gasteiger partial charge in [-0.05, 0) is 57.0 Å². The molecule has 8 nitrogen and oxygen atoms in total.